The molecule has 0 aliphatic carbocycles. The van der Waals surface area contributed by atoms with Gasteiger partial charge in [0.05, 0.1) is 12.2 Å². The fourth-order valence-electron chi connectivity index (χ4n) is 2.55. The maximum absolute atomic E-state index is 12.9. The Morgan fingerprint density at radius 3 is 2.73 bits per heavy atom. The van der Waals surface area contributed by atoms with Crippen LogP contribution in [0.2, 0.25) is 5.02 Å². The second-order valence-corrected chi connectivity index (χ2v) is 7.79. The third-order valence-corrected chi connectivity index (χ3v) is 5.80. The van der Waals surface area contributed by atoms with E-state index in [0.717, 1.165) is 10.4 Å². The van der Waals surface area contributed by atoms with Gasteiger partial charge in [0, 0.05) is 21.5 Å². The number of nitrogens with one attached hydrogen (secondary N) is 1. The summed E-state index contributed by atoms with van der Waals surface area (Å²) in [6.45, 7) is 0.381. The number of thiophene rings is 1. The Labute approximate surface area is 161 Å². The lowest BCUT2D eigenvalue weighted by Crippen LogP contribution is -2.31. The van der Waals surface area contributed by atoms with Crippen molar-refractivity contribution in [2.45, 2.75) is 6.54 Å². The third-order valence-electron chi connectivity index (χ3n) is 3.83. The van der Waals surface area contributed by atoms with Crippen LogP contribution < -0.4 is 10.9 Å². The van der Waals surface area contributed by atoms with Crippen LogP contribution in [0.4, 0.5) is 0 Å². The standard InChI is InChI=1S/C18H12ClN3O2S2/c19-12-5-3-11(4-6-12)15-10-26-18-21-9-14(17(24)22(15)18)16(23)20-8-13-2-1-7-25-13/h1-7,9-10H,8H2,(H,20,23). The van der Waals surface area contributed by atoms with Crippen molar-refractivity contribution in [2.24, 2.45) is 0 Å². The molecule has 0 radical (unpaired) electrons. The molecule has 3 heterocycles. The van der Waals surface area contributed by atoms with E-state index in [2.05, 4.69) is 10.3 Å². The molecule has 4 rings (SSSR count). The van der Waals surface area contributed by atoms with Crippen LogP contribution in [0.15, 0.2) is 58.1 Å². The van der Waals surface area contributed by atoms with Gasteiger partial charge in [-0.25, -0.2) is 4.98 Å². The summed E-state index contributed by atoms with van der Waals surface area (Å²) < 4.78 is 1.47. The number of nitrogens with zero attached hydrogens (tertiary/aromatic N) is 2. The molecular weight excluding hydrogens is 390 g/mol. The topological polar surface area (TPSA) is 63.5 Å². The number of fused-ring (bicyclic) bond motifs is 1. The van der Waals surface area contributed by atoms with Crippen molar-refractivity contribution in [2.75, 3.05) is 0 Å². The van der Waals surface area contributed by atoms with Crippen LogP contribution in [0.3, 0.4) is 0 Å². The molecule has 0 bridgehead atoms. The molecule has 0 aliphatic heterocycles. The highest BCUT2D eigenvalue weighted by Gasteiger charge is 2.17. The number of benzene rings is 1. The van der Waals surface area contributed by atoms with Crippen LogP contribution in [-0.4, -0.2) is 15.3 Å². The maximum atomic E-state index is 12.9. The lowest BCUT2D eigenvalue weighted by molar-refractivity contribution is 0.0949. The second kappa shape index (κ2) is 7.03. The fourth-order valence-corrected chi connectivity index (χ4v) is 4.18. The molecule has 26 heavy (non-hydrogen) atoms. The van der Waals surface area contributed by atoms with Gasteiger partial charge in [0.1, 0.15) is 5.56 Å². The molecule has 0 unspecified atom stereocenters. The Bertz CT molecular complexity index is 1130. The Hall–Kier alpha value is -2.48. The predicted molar refractivity (Wildman–Crippen MR) is 105 cm³/mol. The number of thiazole rings is 1. The van der Waals surface area contributed by atoms with Crippen molar-refractivity contribution in [3.8, 4) is 11.3 Å². The number of aromatic nitrogens is 2. The zero-order chi connectivity index (χ0) is 18.1. The first-order valence-electron chi connectivity index (χ1n) is 7.69. The molecule has 3 aromatic heterocycles. The van der Waals surface area contributed by atoms with E-state index in [-0.39, 0.29) is 11.1 Å². The van der Waals surface area contributed by atoms with Gasteiger partial charge < -0.3 is 5.32 Å². The molecule has 0 atom stereocenters. The van der Waals surface area contributed by atoms with Crippen molar-refractivity contribution in [3.63, 3.8) is 0 Å². The maximum Gasteiger partial charge on any atom is 0.271 e. The molecule has 4 aromatic rings. The molecule has 0 spiro atoms. The largest absolute Gasteiger partial charge is 0.347 e. The molecule has 0 fully saturated rings. The molecule has 1 N–H and O–H groups in total. The van der Waals surface area contributed by atoms with E-state index in [9.17, 15) is 9.59 Å². The molecule has 1 amide bonds. The first-order valence-corrected chi connectivity index (χ1v) is 9.83. The monoisotopic (exact) mass is 401 g/mol. The molecule has 0 aliphatic rings. The van der Waals surface area contributed by atoms with Crippen molar-refractivity contribution in [1.29, 1.82) is 0 Å². The highest BCUT2D eigenvalue weighted by molar-refractivity contribution is 7.15. The molecule has 5 nitrogen and oxygen atoms in total. The smallest absolute Gasteiger partial charge is 0.271 e. The van der Waals surface area contributed by atoms with Gasteiger partial charge in [-0.2, -0.15) is 0 Å². The summed E-state index contributed by atoms with van der Waals surface area (Å²) >= 11 is 8.83. The molecule has 0 saturated heterocycles. The first-order chi connectivity index (χ1) is 12.6. The number of carbonyl (C=O) groups is 1. The van der Waals surface area contributed by atoms with E-state index in [1.165, 1.54) is 21.9 Å². The third kappa shape index (κ3) is 3.16. The fraction of sp³-hybridized carbons (Fsp3) is 0.0556. The number of hydrogen-bond acceptors (Lipinski definition) is 5. The Morgan fingerprint density at radius 1 is 1.19 bits per heavy atom. The molecule has 8 heteroatoms. The average Bonchev–Trinajstić information content (AvgIpc) is 3.31. The second-order valence-electron chi connectivity index (χ2n) is 5.48. The number of rotatable bonds is 4. The Balaban J connectivity index is 1.72. The van der Waals surface area contributed by atoms with Gasteiger partial charge in [-0.1, -0.05) is 29.8 Å². The van der Waals surface area contributed by atoms with Gasteiger partial charge in [-0.3, -0.25) is 14.0 Å². The van der Waals surface area contributed by atoms with Crippen LogP contribution >= 0.6 is 34.3 Å². The quantitative estimate of drug-likeness (QED) is 0.560. The van der Waals surface area contributed by atoms with Crippen LogP contribution in [0.1, 0.15) is 15.2 Å². The van der Waals surface area contributed by atoms with E-state index in [0.29, 0.717) is 22.2 Å². The van der Waals surface area contributed by atoms with Gasteiger partial charge in [0.15, 0.2) is 4.96 Å². The number of halogens is 1. The lowest BCUT2D eigenvalue weighted by atomic mass is 10.2. The van der Waals surface area contributed by atoms with Crippen molar-refractivity contribution >= 4 is 45.1 Å². The van der Waals surface area contributed by atoms with Crippen molar-refractivity contribution in [1.82, 2.24) is 14.7 Å². The minimum Gasteiger partial charge on any atom is -0.347 e. The van der Waals surface area contributed by atoms with Crippen LogP contribution in [0.25, 0.3) is 16.2 Å². The van der Waals surface area contributed by atoms with Crippen LogP contribution in [0, 0.1) is 0 Å². The van der Waals surface area contributed by atoms with Gasteiger partial charge in [0.2, 0.25) is 0 Å². The summed E-state index contributed by atoms with van der Waals surface area (Å²) in [7, 11) is 0. The molecule has 1 aromatic carbocycles. The van der Waals surface area contributed by atoms with Gasteiger partial charge in [0.25, 0.3) is 11.5 Å². The van der Waals surface area contributed by atoms with Gasteiger partial charge >= 0.3 is 0 Å². The summed E-state index contributed by atoms with van der Waals surface area (Å²) in [6, 6.07) is 11.0. The minimum atomic E-state index is -0.432. The zero-order valence-electron chi connectivity index (χ0n) is 13.3. The average molecular weight is 402 g/mol. The van der Waals surface area contributed by atoms with E-state index in [1.807, 2.05) is 35.0 Å². The highest BCUT2D eigenvalue weighted by atomic mass is 35.5. The Kier molecular flexibility index (Phi) is 4.58. The van der Waals surface area contributed by atoms with Crippen molar-refractivity contribution < 1.29 is 4.79 Å². The summed E-state index contributed by atoms with van der Waals surface area (Å²) in [4.78, 5) is 31.2. The van der Waals surface area contributed by atoms with Gasteiger partial charge in [-0.15, -0.1) is 22.7 Å². The minimum absolute atomic E-state index is 0.0210. The predicted octanol–water partition coefficient (Wildman–Crippen LogP) is 4.07. The number of amides is 1. The summed E-state index contributed by atoms with van der Waals surface area (Å²) in [6.07, 6.45) is 1.34. The van der Waals surface area contributed by atoms with E-state index >= 15 is 0 Å². The summed E-state index contributed by atoms with van der Waals surface area (Å²) in [5.41, 5.74) is 1.16. The SMILES string of the molecule is O=C(NCc1cccs1)c1cnc2scc(-c3ccc(Cl)cc3)n2c1=O. The molecule has 130 valence electrons. The zero-order valence-corrected chi connectivity index (χ0v) is 15.7. The van der Waals surface area contributed by atoms with Gasteiger partial charge in [-0.05, 0) is 29.1 Å². The number of carbonyl (C=O) groups excluding carboxylic acids is 1. The molecule has 0 saturated carbocycles. The van der Waals surface area contributed by atoms with Crippen molar-refractivity contribution in [3.05, 3.63) is 79.2 Å². The summed E-state index contributed by atoms with van der Waals surface area (Å²) in [5, 5.41) is 7.17. The highest BCUT2D eigenvalue weighted by Crippen LogP contribution is 2.25. The number of hydrogen-bond donors (Lipinski definition) is 1. The van der Waals surface area contributed by atoms with E-state index in [1.54, 1.807) is 23.5 Å². The molecular formula is C18H12ClN3O2S2. The normalized spacial score (nSPS) is 11.0. The first kappa shape index (κ1) is 17.0. The van der Waals surface area contributed by atoms with E-state index < -0.39 is 5.91 Å². The van der Waals surface area contributed by atoms with Crippen LogP contribution in [0.5, 0.6) is 0 Å². The van der Waals surface area contributed by atoms with Crippen LogP contribution in [-0.2, 0) is 6.54 Å². The summed E-state index contributed by atoms with van der Waals surface area (Å²) in [5.74, 6) is -0.432. The van der Waals surface area contributed by atoms with E-state index in [4.69, 9.17) is 11.6 Å². The Morgan fingerprint density at radius 2 is 2.00 bits per heavy atom. The lowest BCUT2D eigenvalue weighted by Gasteiger charge is -2.05.